The minimum Gasteiger partial charge on any atom is -0.610 e. The lowest BCUT2D eigenvalue weighted by Crippen LogP contribution is -2.19. The van der Waals surface area contributed by atoms with Crippen molar-refractivity contribution in [3.63, 3.8) is 0 Å². The molecule has 2 heterocycles. The van der Waals surface area contributed by atoms with Gasteiger partial charge in [0.15, 0.2) is 0 Å². The topological polar surface area (TPSA) is 45.1 Å². The molecule has 1 unspecified atom stereocenters. The van der Waals surface area contributed by atoms with Crippen molar-refractivity contribution < 1.29 is 4.55 Å². The molecular formula is C11H9NO2S. The molecule has 3 nitrogen and oxygen atoms in total. The van der Waals surface area contributed by atoms with Gasteiger partial charge in [-0.15, -0.1) is 0 Å². The zero-order chi connectivity index (χ0) is 10.4. The Kier molecular flexibility index (Phi) is 1.87. The van der Waals surface area contributed by atoms with Crippen LogP contribution in [0.3, 0.4) is 0 Å². The number of pyridine rings is 1. The highest BCUT2D eigenvalue weighted by Gasteiger charge is 2.26. The largest absolute Gasteiger partial charge is 0.610 e. The summed E-state index contributed by atoms with van der Waals surface area (Å²) in [6.07, 6.45) is 0. The smallest absolute Gasteiger partial charge is 0.262 e. The van der Waals surface area contributed by atoms with Gasteiger partial charge in [0, 0.05) is 22.6 Å². The van der Waals surface area contributed by atoms with Gasteiger partial charge in [0.1, 0.15) is 5.75 Å². The van der Waals surface area contributed by atoms with E-state index in [-0.39, 0.29) is 5.56 Å². The number of nitrogens with zero attached hydrogens (tertiary/aromatic N) is 1. The fourth-order valence-electron chi connectivity index (χ4n) is 1.95. The first-order chi connectivity index (χ1) is 7.27. The van der Waals surface area contributed by atoms with Gasteiger partial charge in [0.2, 0.25) is 5.03 Å². The van der Waals surface area contributed by atoms with Crippen LogP contribution in [0, 0.1) is 0 Å². The van der Waals surface area contributed by atoms with Crippen LogP contribution < -0.4 is 5.56 Å². The molecule has 76 valence electrons. The van der Waals surface area contributed by atoms with Gasteiger partial charge in [-0.2, -0.15) is 0 Å². The maximum absolute atomic E-state index is 12.0. The van der Waals surface area contributed by atoms with Crippen molar-refractivity contribution in [2.24, 2.45) is 0 Å². The first kappa shape index (κ1) is 9.00. The van der Waals surface area contributed by atoms with E-state index in [1.165, 1.54) is 0 Å². The fraction of sp³-hybridized carbons (Fsp3) is 0.182. The highest BCUT2D eigenvalue weighted by molar-refractivity contribution is 7.91. The van der Waals surface area contributed by atoms with E-state index in [1.54, 1.807) is 4.57 Å². The molecule has 0 radical (unpaired) electrons. The Bertz CT molecular complexity index is 591. The normalized spacial score (nSPS) is 19.4. The Morgan fingerprint density at radius 3 is 3.00 bits per heavy atom. The van der Waals surface area contributed by atoms with E-state index in [9.17, 15) is 9.35 Å². The molecule has 1 atom stereocenters. The summed E-state index contributed by atoms with van der Waals surface area (Å²) in [5.74, 6) is 0.561. The molecule has 0 fully saturated rings. The van der Waals surface area contributed by atoms with Gasteiger partial charge in [-0.05, 0) is 11.5 Å². The summed E-state index contributed by atoms with van der Waals surface area (Å²) in [4.78, 5) is 12.0. The molecule has 1 aliphatic heterocycles. The van der Waals surface area contributed by atoms with E-state index >= 15 is 0 Å². The Morgan fingerprint density at radius 1 is 1.33 bits per heavy atom. The van der Waals surface area contributed by atoms with E-state index in [0.717, 1.165) is 5.39 Å². The first-order valence-corrected chi connectivity index (χ1v) is 6.10. The van der Waals surface area contributed by atoms with Gasteiger partial charge in [-0.3, -0.25) is 9.36 Å². The van der Waals surface area contributed by atoms with Crippen LogP contribution in [-0.4, -0.2) is 14.9 Å². The van der Waals surface area contributed by atoms with Gasteiger partial charge in [0.05, 0.1) is 6.54 Å². The van der Waals surface area contributed by atoms with Crippen LogP contribution in [-0.2, 0) is 17.7 Å². The summed E-state index contributed by atoms with van der Waals surface area (Å²) >= 11 is -1.00. The average molecular weight is 219 g/mol. The van der Waals surface area contributed by atoms with Crippen LogP contribution in [0.4, 0.5) is 0 Å². The van der Waals surface area contributed by atoms with Crippen molar-refractivity contribution in [3.8, 4) is 0 Å². The standard InChI is InChI=1S/C11H9NO2S/c13-11-9-4-2-1-3-8(9)7-10-12(11)5-6-15(10)14/h1-4,7H,5-6H2. The lowest BCUT2D eigenvalue weighted by molar-refractivity contribution is 0.597. The number of rotatable bonds is 0. The fourth-order valence-corrected chi connectivity index (χ4v) is 3.19. The van der Waals surface area contributed by atoms with Crippen molar-refractivity contribution in [1.29, 1.82) is 0 Å². The summed E-state index contributed by atoms with van der Waals surface area (Å²) in [6, 6.07) is 9.29. The first-order valence-electron chi connectivity index (χ1n) is 4.78. The number of hydrogen-bond acceptors (Lipinski definition) is 2. The quantitative estimate of drug-likeness (QED) is 0.623. The van der Waals surface area contributed by atoms with Crippen LogP contribution in [0.15, 0.2) is 40.2 Å². The maximum Gasteiger partial charge on any atom is 0.262 e. The molecule has 0 spiro atoms. The Morgan fingerprint density at radius 2 is 2.13 bits per heavy atom. The molecule has 4 heteroatoms. The van der Waals surface area contributed by atoms with Crippen LogP contribution in [0.2, 0.25) is 0 Å². The summed E-state index contributed by atoms with van der Waals surface area (Å²) in [6.45, 7) is 0.575. The molecule has 2 aromatic rings. The molecule has 0 saturated carbocycles. The summed E-state index contributed by atoms with van der Waals surface area (Å²) in [5, 5.41) is 2.25. The second-order valence-corrected chi connectivity index (χ2v) is 5.09. The summed E-state index contributed by atoms with van der Waals surface area (Å²) in [7, 11) is 0. The molecule has 0 saturated heterocycles. The molecule has 3 rings (SSSR count). The van der Waals surface area contributed by atoms with Crippen LogP contribution in [0.25, 0.3) is 10.8 Å². The number of hydrogen-bond donors (Lipinski definition) is 0. The van der Waals surface area contributed by atoms with Crippen molar-refractivity contribution in [3.05, 3.63) is 40.7 Å². The third-order valence-electron chi connectivity index (χ3n) is 2.71. The molecule has 0 bridgehead atoms. The average Bonchev–Trinajstić information content (AvgIpc) is 2.62. The van der Waals surface area contributed by atoms with Crippen LogP contribution in [0.1, 0.15) is 0 Å². The van der Waals surface area contributed by atoms with Crippen molar-refractivity contribution in [2.45, 2.75) is 11.6 Å². The Hall–Kier alpha value is -1.26. The zero-order valence-electron chi connectivity index (χ0n) is 7.97. The van der Waals surface area contributed by atoms with E-state index < -0.39 is 11.2 Å². The molecular weight excluding hydrogens is 210 g/mol. The zero-order valence-corrected chi connectivity index (χ0v) is 8.79. The van der Waals surface area contributed by atoms with Gasteiger partial charge >= 0.3 is 0 Å². The monoisotopic (exact) mass is 219 g/mol. The Balaban J connectivity index is 2.46. The third-order valence-corrected chi connectivity index (χ3v) is 4.07. The molecule has 1 aromatic heterocycles. The van der Waals surface area contributed by atoms with Gasteiger partial charge < -0.3 is 4.55 Å². The van der Waals surface area contributed by atoms with E-state index in [1.807, 2.05) is 30.3 Å². The molecule has 1 aromatic carbocycles. The molecule has 1 aliphatic rings. The SMILES string of the molecule is O=c1c2ccccc2cc2n1CC[S+]2[O-]. The van der Waals surface area contributed by atoms with Crippen molar-refractivity contribution in [1.82, 2.24) is 4.57 Å². The molecule has 0 amide bonds. The molecule has 0 N–H and O–H groups in total. The second-order valence-electron chi connectivity index (χ2n) is 3.58. The number of benzene rings is 1. The molecule has 0 aliphatic carbocycles. The van der Waals surface area contributed by atoms with Crippen molar-refractivity contribution in [2.75, 3.05) is 5.75 Å². The lowest BCUT2D eigenvalue weighted by Gasteiger charge is -2.04. The minimum atomic E-state index is -1.00. The van der Waals surface area contributed by atoms with E-state index in [0.29, 0.717) is 22.7 Å². The number of aromatic nitrogens is 1. The van der Waals surface area contributed by atoms with E-state index in [4.69, 9.17) is 0 Å². The third kappa shape index (κ3) is 1.22. The van der Waals surface area contributed by atoms with Crippen molar-refractivity contribution >= 4 is 21.9 Å². The van der Waals surface area contributed by atoms with Gasteiger partial charge in [-0.25, -0.2) is 0 Å². The highest BCUT2D eigenvalue weighted by atomic mass is 32.2. The minimum absolute atomic E-state index is 0.0195. The number of fused-ring (bicyclic) bond motifs is 2. The predicted molar refractivity (Wildman–Crippen MR) is 59.5 cm³/mol. The Labute approximate surface area is 89.5 Å². The molecule has 15 heavy (non-hydrogen) atoms. The highest BCUT2D eigenvalue weighted by Crippen LogP contribution is 2.21. The summed E-state index contributed by atoms with van der Waals surface area (Å²) in [5.41, 5.74) is -0.0195. The van der Waals surface area contributed by atoms with E-state index in [2.05, 4.69) is 0 Å². The van der Waals surface area contributed by atoms with Gasteiger partial charge in [-0.1, -0.05) is 18.2 Å². The summed E-state index contributed by atoms with van der Waals surface area (Å²) < 4.78 is 13.2. The second kappa shape index (κ2) is 3.12. The van der Waals surface area contributed by atoms with Crippen LogP contribution >= 0.6 is 0 Å². The van der Waals surface area contributed by atoms with Crippen LogP contribution in [0.5, 0.6) is 0 Å². The maximum atomic E-state index is 12.0. The predicted octanol–water partition coefficient (Wildman–Crippen LogP) is 1.12. The van der Waals surface area contributed by atoms with Gasteiger partial charge in [0.25, 0.3) is 5.56 Å². The lowest BCUT2D eigenvalue weighted by atomic mass is 10.2.